The topological polar surface area (TPSA) is 80.5 Å². The zero-order chi connectivity index (χ0) is 16.1. The molecule has 0 aliphatic carbocycles. The highest BCUT2D eigenvalue weighted by Gasteiger charge is 2.26. The number of amides is 1. The van der Waals surface area contributed by atoms with Gasteiger partial charge >= 0.3 is 0 Å². The summed E-state index contributed by atoms with van der Waals surface area (Å²) >= 11 is 0. The van der Waals surface area contributed by atoms with Crippen molar-refractivity contribution in [3.8, 4) is 0 Å². The van der Waals surface area contributed by atoms with Gasteiger partial charge in [-0.1, -0.05) is 30.3 Å². The van der Waals surface area contributed by atoms with Gasteiger partial charge in [-0.25, -0.2) is 4.98 Å². The average Bonchev–Trinajstić information content (AvgIpc) is 2.58. The lowest BCUT2D eigenvalue weighted by atomic mass is 10.2. The van der Waals surface area contributed by atoms with Gasteiger partial charge in [0.25, 0.3) is 5.91 Å². The molecular formula is C17H22Cl2N4O2. The molecular weight excluding hydrogens is 363 g/mol. The maximum Gasteiger partial charge on any atom is 0.254 e. The number of hydrogen-bond acceptors (Lipinski definition) is 5. The maximum atomic E-state index is 12.3. The lowest BCUT2D eigenvalue weighted by Crippen LogP contribution is -2.47. The molecule has 136 valence electrons. The lowest BCUT2D eigenvalue weighted by Gasteiger charge is -2.32. The van der Waals surface area contributed by atoms with Crippen molar-refractivity contribution in [3.63, 3.8) is 0 Å². The van der Waals surface area contributed by atoms with E-state index in [2.05, 4.69) is 27.3 Å². The van der Waals surface area contributed by atoms with Gasteiger partial charge in [0.2, 0.25) is 0 Å². The molecule has 2 aromatic rings. The highest BCUT2D eigenvalue weighted by molar-refractivity contribution is 5.94. The number of anilines is 2. The summed E-state index contributed by atoms with van der Waals surface area (Å²) in [5.41, 5.74) is 7.39. The highest BCUT2D eigenvalue weighted by Crippen LogP contribution is 2.13. The summed E-state index contributed by atoms with van der Waals surface area (Å²) in [6.07, 6.45) is 1.06. The van der Waals surface area contributed by atoms with E-state index in [1.165, 1.54) is 11.8 Å². The molecule has 3 rings (SSSR count). The fraction of sp³-hybridized carbons (Fsp3) is 0.294. The Hall–Kier alpha value is -1.86. The van der Waals surface area contributed by atoms with Crippen LogP contribution < -0.4 is 11.1 Å². The van der Waals surface area contributed by atoms with Gasteiger partial charge in [0.05, 0.1) is 18.5 Å². The molecule has 1 amide bonds. The van der Waals surface area contributed by atoms with Crippen molar-refractivity contribution in [2.45, 2.75) is 12.6 Å². The van der Waals surface area contributed by atoms with Crippen molar-refractivity contribution in [2.75, 3.05) is 30.7 Å². The molecule has 25 heavy (non-hydrogen) atoms. The minimum absolute atomic E-state index is 0. The number of nitrogens with one attached hydrogen (secondary N) is 1. The number of nitrogens with zero attached hydrogens (tertiary/aromatic N) is 2. The number of ether oxygens (including phenoxy) is 1. The lowest BCUT2D eigenvalue weighted by molar-refractivity contribution is -0.133. The maximum absolute atomic E-state index is 12.3. The molecule has 1 aromatic heterocycles. The van der Waals surface area contributed by atoms with E-state index in [9.17, 15) is 4.79 Å². The van der Waals surface area contributed by atoms with Crippen LogP contribution in [0, 0.1) is 0 Å². The standard InChI is InChI=1S/C17H20N4O2.2ClH/c18-16-7-6-14(10-19-16)20-17(22)15-12-21(8-9-23-15)11-13-4-2-1-3-5-13;;/h1-7,10,15H,8-9,11-12H2,(H2,18,19)(H,20,22);2*1H. The van der Waals surface area contributed by atoms with Gasteiger partial charge in [0.15, 0.2) is 0 Å². The predicted octanol–water partition coefficient (Wildman–Crippen LogP) is 2.35. The van der Waals surface area contributed by atoms with Crippen LogP contribution in [-0.2, 0) is 16.1 Å². The Bertz CT molecular complexity index is 655. The number of benzene rings is 1. The van der Waals surface area contributed by atoms with Crippen LogP contribution in [0.25, 0.3) is 0 Å². The molecule has 0 spiro atoms. The highest BCUT2D eigenvalue weighted by atomic mass is 35.5. The SMILES string of the molecule is Cl.Cl.Nc1ccc(NC(=O)C2CN(Cc3ccccc3)CCO2)cn1. The van der Waals surface area contributed by atoms with E-state index in [-0.39, 0.29) is 30.7 Å². The number of aromatic nitrogens is 1. The van der Waals surface area contributed by atoms with Gasteiger partial charge < -0.3 is 15.8 Å². The molecule has 0 saturated carbocycles. The molecule has 1 aromatic carbocycles. The molecule has 1 fully saturated rings. The van der Waals surface area contributed by atoms with E-state index in [4.69, 9.17) is 10.5 Å². The quantitative estimate of drug-likeness (QED) is 0.845. The fourth-order valence-corrected chi connectivity index (χ4v) is 2.55. The van der Waals surface area contributed by atoms with Crippen LogP contribution in [-0.4, -0.2) is 41.6 Å². The number of pyridine rings is 1. The first kappa shape index (κ1) is 21.2. The van der Waals surface area contributed by atoms with Crippen LogP contribution in [0.1, 0.15) is 5.56 Å². The second-order valence-electron chi connectivity index (χ2n) is 5.54. The molecule has 2 heterocycles. The van der Waals surface area contributed by atoms with E-state index in [0.717, 1.165) is 13.1 Å². The van der Waals surface area contributed by atoms with Crippen LogP contribution in [0.4, 0.5) is 11.5 Å². The molecule has 1 aliphatic rings. The van der Waals surface area contributed by atoms with Crippen LogP contribution in [0.5, 0.6) is 0 Å². The Morgan fingerprint density at radius 2 is 2.00 bits per heavy atom. The summed E-state index contributed by atoms with van der Waals surface area (Å²) in [5.74, 6) is 0.264. The van der Waals surface area contributed by atoms with Crippen molar-refractivity contribution in [1.82, 2.24) is 9.88 Å². The summed E-state index contributed by atoms with van der Waals surface area (Å²) in [6, 6.07) is 13.6. The Morgan fingerprint density at radius 1 is 1.24 bits per heavy atom. The smallest absolute Gasteiger partial charge is 0.254 e. The minimum Gasteiger partial charge on any atom is -0.384 e. The molecule has 3 N–H and O–H groups in total. The Morgan fingerprint density at radius 3 is 2.68 bits per heavy atom. The summed E-state index contributed by atoms with van der Waals surface area (Å²) in [7, 11) is 0. The van der Waals surface area contributed by atoms with Crippen LogP contribution in [0.15, 0.2) is 48.7 Å². The molecule has 1 atom stereocenters. The summed E-state index contributed by atoms with van der Waals surface area (Å²) in [4.78, 5) is 18.5. The second-order valence-corrected chi connectivity index (χ2v) is 5.54. The fourth-order valence-electron chi connectivity index (χ4n) is 2.55. The predicted molar refractivity (Wildman–Crippen MR) is 103 cm³/mol. The average molecular weight is 385 g/mol. The molecule has 1 saturated heterocycles. The number of morpholine rings is 1. The van der Waals surface area contributed by atoms with Crippen molar-refractivity contribution in [3.05, 3.63) is 54.2 Å². The first-order valence-corrected chi connectivity index (χ1v) is 7.61. The molecule has 1 unspecified atom stereocenters. The first-order chi connectivity index (χ1) is 11.2. The number of halogens is 2. The number of carbonyl (C=O) groups excluding carboxylic acids is 1. The van der Waals surface area contributed by atoms with Gasteiger partial charge in [0, 0.05) is 19.6 Å². The third-order valence-corrected chi connectivity index (χ3v) is 3.75. The van der Waals surface area contributed by atoms with Gasteiger partial charge in [-0.2, -0.15) is 0 Å². The third kappa shape index (κ3) is 6.17. The van der Waals surface area contributed by atoms with Crippen molar-refractivity contribution in [2.24, 2.45) is 0 Å². The number of nitrogens with two attached hydrogens (primary N) is 1. The summed E-state index contributed by atoms with van der Waals surface area (Å²) in [5, 5.41) is 2.81. The van der Waals surface area contributed by atoms with E-state index < -0.39 is 6.10 Å². The summed E-state index contributed by atoms with van der Waals surface area (Å²) < 4.78 is 5.60. The van der Waals surface area contributed by atoms with Crippen LogP contribution >= 0.6 is 24.8 Å². The second kappa shape index (κ2) is 10.2. The molecule has 0 bridgehead atoms. The number of hydrogen-bond donors (Lipinski definition) is 2. The van der Waals surface area contributed by atoms with Crippen molar-refractivity contribution in [1.29, 1.82) is 0 Å². The van der Waals surface area contributed by atoms with Crippen LogP contribution in [0.2, 0.25) is 0 Å². The number of nitrogen functional groups attached to an aromatic ring is 1. The summed E-state index contributed by atoms with van der Waals surface area (Å²) in [6.45, 7) is 2.76. The van der Waals surface area contributed by atoms with E-state index in [1.807, 2.05) is 18.2 Å². The monoisotopic (exact) mass is 384 g/mol. The Balaban J connectivity index is 0.00000156. The molecule has 1 aliphatic heterocycles. The zero-order valence-electron chi connectivity index (χ0n) is 13.6. The third-order valence-electron chi connectivity index (χ3n) is 3.75. The van der Waals surface area contributed by atoms with E-state index in [1.54, 1.807) is 12.1 Å². The molecule has 0 radical (unpaired) electrons. The van der Waals surface area contributed by atoms with Crippen molar-refractivity contribution >= 4 is 42.2 Å². The molecule has 6 nitrogen and oxygen atoms in total. The number of rotatable bonds is 4. The Labute approximate surface area is 159 Å². The van der Waals surface area contributed by atoms with Gasteiger partial charge in [-0.05, 0) is 17.7 Å². The zero-order valence-corrected chi connectivity index (χ0v) is 15.3. The van der Waals surface area contributed by atoms with Gasteiger partial charge in [-0.3, -0.25) is 9.69 Å². The minimum atomic E-state index is -0.481. The van der Waals surface area contributed by atoms with Crippen LogP contribution in [0.3, 0.4) is 0 Å². The first-order valence-electron chi connectivity index (χ1n) is 7.61. The molecule has 8 heteroatoms. The van der Waals surface area contributed by atoms with E-state index >= 15 is 0 Å². The normalized spacial score (nSPS) is 17.0. The van der Waals surface area contributed by atoms with Gasteiger partial charge in [-0.15, -0.1) is 24.8 Å². The Kier molecular flexibility index (Phi) is 8.65. The van der Waals surface area contributed by atoms with Crippen molar-refractivity contribution < 1.29 is 9.53 Å². The van der Waals surface area contributed by atoms with Gasteiger partial charge in [0.1, 0.15) is 11.9 Å². The number of carbonyl (C=O) groups is 1. The van der Waals surface area contributed by atoms with E-state index in [0.29, 0.717) is 24.7 Å². The largest absolute Gasteiger partial charge is 0.384 e.